The molecule has 0 bridgehead atoms. The SMILES string of the molecule is CC(N)=NCCCC(NC(=S)NC1N=C(c2ccccc2)c2cc(Cl)ccc2N(C)C1=O)C(=O)O. The quantitative estimate of drug-likeness (QED) is 0.184. The van der Waals surface area contributed by atoms with Gasteiger partial charge in [-0.2, -0.15) is 0 Å². The lowest BCUT2D eigenvalue weighted by molar-refractivity contribution is -0.139. The Balaban J connectivity index is 1.86. The van der Waals surface area contributed by atoms with Crippen molar-refractivity contribution in [3.8, 4) is 0 Å². The average molecular weight is 515 g/mol. The second-order valence-electron chi connectivity index (χ2n) is 7.98. The van der Waals surface area contributed by atoms with Crippen LogP contribution in [0, 0.1) is 0 Å². The molecule has 0 radical (unpaired) electrons. The third-order valence-electron chi connectivity index (χ3n) is 5.33. The molecule has 11 heteroatoms. The highest BCUT2D eigenvalue weighted by molar-refractivity contribution is 7.80. The van der Waals surface area contributed by atoms with E-state index in [-0.39, 0.29) is 17.4 Å². The maximum atomic E-state index is 13.3. The van der Waals surface area contributed by atoms with Gasteiger partial charge in [0.1, 0.15) is 6.04 Å². The first-order valence-corrected chi connectivity index (χ1v) is 11.7. The van der Waals surface area contributed by atoms with Gasteiger partial charge in [0.25, 0.3) is 5.91 Å². The highest BCUT2D eigenvalue weighted by atomic mass is 35.5. The van der Waals surface area contributed by atoms with Crippen LogP contribution in [-0.4, -0.2) is 59.4 Å². The number of carbonyl (C=O) groups excluding carboxylic acids is 1. The minimum atomic E-state index is -1.08. The Morgan fingerprint density at radius 3 is 2.69 bits per heavy atom. The van der Waals surface area contributed by atoms with E-state index in [1.807, 2.05) is 30.3 Å². The molecule has 0 spiro atoms. The largest absolute Gasteiger partial charge is 0.480 e. The van der Waals surface area contributed by atoms with Gasteiger partial charge in [-0.25, -0.2) is 9.79 Å². The fourth-order valence-corrected chi connectivity index (χ4v) is 4.02. The number of hydrogen-bond acceptors (Lipinski definition) is 5. The standard InChI is InChI=1S/C24H27ClN6O3S/c1-14(26)27-12-6-9-18(23(33)34)28-24(35)30-21-22(32)31(2)19-11-10-16(25)13-17(19)20(29-21)15-7-4-3-5-8-15/h3-5,7-8,10-11,13,18,21H,6,9,12H2,1-2H3,(H2,26,27)(H,33,34)(H2,28,30,35). The van der Waals surface area contributed by atoms with E-state index in [0.29, 0.717) is 40.8 Å². The predicted molar refractivity (Wildman–Crippen MR) is 142 cm³/mol. The lowest BCUT2D eigenvalue weighted by Gasteiger charge is -2.23. The summed E-state index contributed by atoms with van der Waals surface area (Å²) in [6, 6.07) is 13.7. The highest BCUT2D eigenvalue weighted by Gasteiger charge is 2.31. The summed E-state index contributed by atoms with van der Waals surface area (Å²) in [5, 5.41) is 15.7. The van der Waals surface area contributed by atoms with E-state index in [2.05, 4.69) is 15.6 Å². The molecular formula is C24H27ClN6O3S. The van der Waals surface area contributed by atoms with Crippen molar-refractivity contribution in [3.63, 3.8) is 0 Å². The molecule has 0 aliphatic carbocycles. The van der Waals surface area contributed by atoms with E-state index in [1.54, 1.807) is 32.2 Å². The number of carboxylic acid groups (broad SMARTS) is 1. The smallest absolute Gasteiger partial charge is 0.326 e. The first kappa shape index (κ1) is 26.1. The Labute approximate surface area is 214 Å². The Morgan fingerprint density at radius 1 is 1.31 bits per heavy atom. The number of thiocarbonyl (C=S) groups is 1. The van der Waals surface area contributed by atoms with Crippen LogP contribution in [0.25, 0.3) is 0 Å². The van der Waals surface area contributed by atoms with Gasteiger partial charge in [-0.15, -0.1) is 0 Å². The fourth-order valence-electron chi connectivity index (χ4n) is 3.60. The monoisotopic (exact) mass is 514 g/mol. The molecule has 2 aromatic carbocycles. The van der Waals surface area contributed by atoms with E-state index >= 15 is 0 Å². The number of halogens is 1. The number of nitrogens with one attached hydrogen (secondary N) is 2. The summed E-state index contributed by atoms with van der Waals surface area (Å²) in [6.07, 6.45) is -0.312. The lowest BCUT2D eigenvalue weighted by Crippen LogP contribution is -2.52. The fraction of sp³-hybridized carbons (Fsp3) is 0.292. The van der Waals surface area contributed by atoms with Crippen molar-refractivity contribution in [3.05, 3.63) is 64.7 Å². The predicted octanol–water partition coefficient (Wildman–Crippen LogP) is 2.55. The minimum absolute atomic E-state index is 0.00260. The molecule has 0 fully saturated rings. The molecular weight excluding hydrogens is 488 g/mol. The van der Waals surface area contributed by atoms with Gasteiger partial charge < -0.3 is 26.4 Å². The number of rotatable bonds is 8. The molecule has 2 unspecified atom stereocenters. The number of anilines is 1. The number of likely N-dealkylation sites (N-methyl/N-ethyl adjacent to an activating group) is 1. The van der Waals surface area contributed by atoms with Gasteiger partial charge in [-0.05, 0) is 50.2 Å². The van der Waals surface area contributed by atoms with Gasteiger partial charge >= 0.3 is 5.97 Å². The van der Waals surface area contributed by atoms with Gasteiger partial charge in [0.2, 0.25) is 6.17 Å². The molecule has 1 amide bonds. The minimum Gasteiger partial charge on any atom is -0.480 e. The van der Waals surface area contributed by atoms with E-state index in [9.17, 15) is 14.7 Å². The van der Waals surface area contributed by atoms with Crippen LogP contribution in [-0.2, 0) is 9.59 Å². The number of aliphatic carboxylic acids is 1. The third kappa shape index (κ3) is 6.77. The summed E-state index contributed by atoms with van der Waals surface area (Å²) in [7, 11) is 1.64. The van der Waals surface area contributed by atoms with E-state index in [0.717, 1.165) is 5.56 Å². The Morgan fingerprint density at radius 2 is 2.03 bits per heavy atom. The van der Waals surface area contributed by atoms with Gasteiger partial charge in [-0.3, -0.25) is 9.79 Å². The van der Waals surface area contributed by atoms with Crippen LogP contribution in [0.15, 0.2) is 58.5 Å². The second kappa shape index (κ2) is 11.8. The lowest BCUT2D eigenvalue weighted by atomic mass is 10.0. The molecule has 0 saturated carbocycles. The van der Waals surface area contributed by atoms with Crippen molar-refractivity contribution < 1.29 is 14.7 Å². The molecule has 0 saturated heterocycles. The van der Waals surface area contributed by atoms with Crippen LogP contribution in [0.3, 0.4) is 0 Å². The van der Waals surface area contributed by atoms with Crippen molar-refractivity contribution in [2.24, 2.45) is 15.7 Å². The number of fused-ring (bicyclic) bond motifs is 1. The molecule has 184 valence electrons. The zero-order valence-corrected chi connectivity index (χ0v) is 20.9. The van der Waals surface area contributed by atoms with Gasteiger partial charge in [0.05, 0.1) is 17.2 Å². The Hall–Kier alpha value is -3.50. The summed E-state index contributed by atoms with van der Waals surface area (Å²) in [5.41, 5.74) is 8.21. The summed E-state index contributed by atoms with van der Waals surface area (Å²) >= 11 is 11.6. The van der Waals surface area contributed by atoms with Crippen LogP contribution in [0.2, 0.25) is 5.02 Å². The summed E-state index contributed by atoms with van der Waals surface area (Å²) < 4.78 is 0. The average Bonchev–Trinajstić information content (AvgIpc) is 2.91. The van der Waals surface area contributed by atoms with Crippen LogP contribution in [0.5, 0.6) is 0 Å². The molecule has 0 aromatic heterocycles. The van der Waals surface area contributed by atoms with Crippen molar-refractivity contribution in [1.82, 2.24) is 10.6 Å². The van der Waals surface area contributed by atoms with Crippen LogP contribution in [0.4, 0.5) is 5.69 Å². The van der Waals surface area contributed by atoms with Crippen molar-refractivity contribution in [2.45, 2.75) is 32.0 Å². The maximum absolute atomic E-state index is 13.3. The first-order chi connectivity index (χ1) is 16.7. The number of benzodiazepines with no additional fused rings is 1. The van der Waals surface area contributed by atoms with Gasteiger partial charge in [0.15, 0.2) is 5.11 Å². The zero-order chi connectivity index (χ0) is 25.5. The third-order valence-corrected chi connectivity index (χ3v) is 5.80. The normalized spacial score (nSPS) is 16.6. The van der Waals surface area contributed by atoms with E-state index in [1.165, 1.54) is 4.90 Å². The van der Waals surface area contributed by atoms with Gasteiger partial charge in [0, 0.05) is 29.7 Å². The van der Waals surface area contributed by atoms with Crippen molar-refractivity contribution >= 4 is 58.0 Å². The molecule has 35 heavy (non-hydrogen) atoms. The summed E-state index contributed by atoms with van der Waals surface area (Å²) in [4.78, 5) is 35.3. The van der Waals surface area contributed by atoms with E-state index in [4.69, 9.17) is 34.5 Å². The number of nitrogens with two attached hydrogens (primary N) is 1. The Kier molecular flexibility index (Phi) is 8.78. The molecule has 3 rings (SSSR count). The summed E-state index contributed by atoms with van der Waals surface area (Å²) in [5.74, 6) is -0.988. The number of amides is 1. The van der Waals surface area contributed by atoms with Crippen LogP contribution in [0.1, 0.15) is 30.9 Å². The van der Waals surface area contributed by atoms with E-state index < -0.39 is 18.2 Å². The molecule has 1 aliphatic heterocycles. The number of nitrogens with zero attached hydrogens (tertiary/aromatic N) is 3. The number of aliphatic imine (C=N–C) groups is 2. The maximum Gasteiger partial charge on any atom is 0.326 e. The number of carbonyl (C=O) groups is 2. The number of amidine groups is 1. The van der Waals surface area contributed by atoms with Crippen molar-refractivity contribution in [2.75, 3.05) is 18.5 Å². The topological polar surface area (TPSA) is 132 Å². The molecule has 1 aliphatic rings. The molecule has 1 heterocycles. The molecule has 2 aromatic rings. The molecule has 9 nitrogen and oxygen atoms in total. The molecule has 5 N–H and O–H groups in total. The number of carboxylic acids is 1. The van der Waals surface area contributed by atoms with Crippen molar-refractivity contribution in [1.29, 1.82) is 0 Å². The second-order valence-corrected chi connectivity index (χ2v) is 8.82. The number of benzene rings is 2. The van der Waals surface area contributed by atoms with Crippen LogP contribution >= 0.6 is 23.8 Å². The zero-order valence-electron chi connectivity index (χ0n) is 19.4. The highest BCUT2D eigenvalue weighted by Crippen LogP contribution is 2.29. The number of hydrogen-bond donors (Lipinski definition) is 4. The summed E-state index contributed by atoms with van der Waals surface area (Å²) in [6.45, 7) is 2.08. The Bertz CT molecular complexity index is 1170. The van der Waals surface area contributed by atoms with Gasteiger partial charge in [-0.1, -0.05) is 41.9 Å². The first-order valence-electron chi connectivity index (χ1n) is 10.9. The van der Waals surface area contributed by atoms with Crippen LogP contribution < -0.4 is 21.3 Å². The molecule has 2 atom stereocenters.